The smallest absolute Gasteiger partial charge is 0.0969 e. The van der Waals surface area contributed by atoms with Gasteiger partial charge in [0.25, 0.3) is 0 Å². The fourth-order valence-corrected chi connectivity index (χ4v) is 4.59. The lowest BCUT2D eigenvalue weighted by Gasteiger charge is -2.07. The van der Waals surface area contributed by atoms with Crippen LogP contribution in [0.4, 0.5) is 0 Å². The molecule has 2 aromatic rings. The third kappa shape index (κ3) is 3.50. The average Bonchev–Trinajstić information content (AvgIpc) is 3.07. The molecule has 1 heterocycles. The summed E-state index contributed by atoms with van der Waals surface area (Å²) in [7, 11) is 0. The molecule has 1 aromatic heterocycles. The Balaban J connectivity index is 1.75. The lowest BCUT2D eigenvalue weighted by atomic mass is 10.3. The van der Waals surface area contributed by atoms with Gasteiger partial charge < -0.3 is 5.32 Å². The van der Waals surface area contributed by atoms with Crippen LogP contribution in [0.3, 0.4) is 0 Å². The van der Waals surface area contributed by atoms with E-state index >= 15 is 0 Å². The van der Waals surface area contributed by atoms with Crippen LogP contribution in [0.5, 0.6) is 0 Å². The molecule has 3 rings (SSSR count). The van der Waals surface area contributed by atoms with Crippen LogP contribution in [0.15, 0.2) is 31.7 Å². The van der Waals surface area contributed by atoms with E-state index in [9.17, 15) is 0 Å². The summed E-state index contributed by atoms with van der Waals surface area (Å²) in [4.78, 5) is 0. The maximum absolute atomic E-state index is 4.21. The molecule has 1 aromatic carbocycles. The minimum absolute atomic E-state index is 0.766. The molecule has 1 saturated carbocycles. The van der Waals surface area contributed by atoms with Gasteiger partial charge in [0, 0.05) is 20.0 Å². The molecule has 1 N–H and O–H groups in total. The summed E-state index contributed by atoms with van der Waals surface area (Å²) in [6.07, 6.45) is 4.68. The van der Waals surface area contributed by atoms with E-state index in [1.54, 1.807) is 4.68 Å². The summed E-state index contributed by atoms with van der Waals surface area (Å²) >= 11 is 10.6. The van der Waals surface area contributed by atoms with Crippen molar-refractivity contribution in [2.75, 3.05) is 6.54 Å². The van der Waals surface area contributed by atoms with Gasteiger partial charge in [-0.2, -0.15) is 0 Å². The van der Waals surface area contributed by atoms with Crippen molar-refractivity contribution in [3.8, 4) is 5.69 Å². The number of benzene rings is 1. The highest BCUT2D eigenvalue weighted by molar-refractivity contribution is 9.11. The van der Waals surface area contributed by atoms with Gasteiger partial charge in [-0.15, -0.1) is 5.10 Å². The van der Waals surface area contributed by atoms with E-state index in [4.69, 9.17) is 0 Å². The molecule has 0 unspecified atom stereocenters. The monoisotopic (exact) mass is 462 g/mol. The van der Waals surface area contributed by atoms with Gasteiger partial charge in [-0.3, -0.25) is 0 Å². The first-order valence-electron chi connectivity index (χ1n) is 6.40. The summed E-state index contributed by atoms with van der Waals surface area (Å²) in [5.74, 6) is 0.875. The third-order valence-electron chi connectivity index (χ3n) is 3.19. The largest absolute Gasteiger partial charge is 0.311 e. The molecule has 1 fully saturated rings. The molecular formula is C13H13Br3N4. The molecule has 4 nitrogen and oxygen atoms in total. The van der Waals surface area contributed by atoms with Gasteiger partial charge in [-0.25, -0.2) is 4.68 Å². The molecule has 0 saturated heterocycles. The van der Waals surface area contributed by atoms with Crippen molar-refractivity contribution >= 4 is 47.8 Å². The lowest BCUT2D eigenvalue weighted by Crippen LogP contribution is -2.16. The van der Waals surface area contributed by atoms with E-state index in [0.717, 1.165) is 43.8 Å². The van der Waals surface area contributed by atoms with Crippen molar-refractivity contribution in [1.29, 1.82) is 0 Å². The van der Waals surface area contributed by atoms with Gasteiger partial charge >= 0.3 is 0 Å². The minimum Gasteiger partial charge on any atom is -0.311 e. The zero-order chi connectivity index (χ0) is 14.1. The van der Waals surface area contributed by atoms with E-state index < -0.39 is 0 Å². The van der Waals surface area contributed by atoms with Crippen molar-refractivity contribution in [3.63, 3.8) is 0 Å². The Labute approximate surface area is 142 Å². The van der Waals surface area contributed by atoms with Gasteiger partial charge in [0.2, 0.25) is 0 Å². The summed E-state index contributed by atoms with van der Waals surface area (Å²) in [5, 5.41) is 11.8. The van der Waals surface area contributed by atoms with Crippen molar-refractivity contribution in [1.82, 2.24) is 20.3 Å². The molecule has 20 heavy (non-hydrogen) atoms. The van der Waals surface area contributed by atoms with E-state index in [1.807, 2.05) is 18.3 Å². The SMILES string of the molecule is Brc1cc(Br)c(-n2cc(CNCC3CC3)nn2)c(Br)c1. The average molecular weight is 465 g/mol. The Bertz CT molecular complexity index is 599. The maximum Gasteiger partial charge on any atom is 0.0969 e. The van der Waals surface area contributed by atoms with E-state index in [0.29, 0.717) is 0 Å². The number of nitrogens with zero attached hydrogens (tertiary/aromatic N) is 3. The fraction of sp³-hybridized carbons (Fsp3) is 0.385. The third-order valence-corrected chi connectivity index (χ3v) is 4.85. The first-order chi connectivity index (χ1) is 9.63. The molecule has 1 aliphatic rings. The van der Waals surface area contributed by atoms with E-state index in [-0.39, 0.29) is 0 Å². The van der Waals surface area contributed by atoms with Gasteiger partial charge in [-0.1, -0.05) is 21.1 Å². The molecule has 7 heteroatoms. The Morgan fingerprint density at radius 1 is 1.20 bits per heavy atom. The second kappa shape index (κ2) is 6.25. The fourth-order valence-electron chi connectivity index (χ4n) is 1.97. The normalized spacial score (nSPS) is 14.8. The standard InChI is InChI=1S/C13H13Br3N4/c14-9-3-11(15)13(12(16)4-9)20-7-10(18-19-20)6-17-5-8-1-2-8/h3-4,7-8,17H,1-2,5-6H2. The first-order valence-corrected chi connectivity index (χ1v) is 8.78. The maximum atomic E-state index is 4.21. The summed E-state index contributed by atoms with van der Waals surface area (Å²) in [5.41, 5.74) is 1.90. The van der Waals surface area contributed by atoms with Crippen molar-refractivity contribution in [3.05, 3.63) is 37.4 Å². The van der Waals surface area contributed by atoms with Crippen LogP contribution >= 0.6 is 47.8 Å². The molecule has 0 radical (unpaired) electrons. The topological polar surface area (TPSA) is 42.7 Å². The molecular weight excluding hydrogens is 452 g/mol. The second-order valence-electron chi connectivity index (χ2n) is 4.95. The quantitative estimate of drug-likeness (QED) is 0.725. The molecule has 106 valence electrons. The van der Waals surface area contributed by atoms with Crippen LogP contribution in [0, 0.1) is 5.92 Å². The van der Waals surface area contributed by atoms with E-state index in [1.165, 1.54) is 12.8 Å². The number of hydrogen-bond donors (Lipinski definition) is 1. The Morgan fingerprint density at radius 3 is 2.55 bits per heavy atom. The predicted molar refractivity (Wildman–Crippen MR) is 88.9 cm³/mol. The molecule has 1 aliphatic carbocycles. The zero-order valence-corrected chi connectivity index (χ0v) is 15.4. The van der Waals surface area contributed by atoms with Crippen LogP contribution in [-0.2, 0) is 6.54 Å². The highest BCUT2D eigenvalue weighted by Gasteiger charge is 2.20. The van der Waals surface area contributed by atoms with Crippen molar-refractivity contribution in [2.24, 2.45) is 5.92 Å². The van der Waals surface area contributed by atoms with Crippen molar-refractivity contribution < 1.29 is 0 Å². The molecule has 0 bridgehead atoms. The van der Waals surface area contributed by atoms with Gasteiger partial charge in [0.1, 0.15) is 0 Å². The highest BCUT2D eigenvalue weighted by Crippen LogP contribution is 2.32. The molecule has 0 aliphatic heterocycles. The minimum atomic E-state index is 0.766. The van der Waals surface area contributed by atoms with Crippen LogP contribution < -0.4 is 5.32 Å². The summed E-state index contributed by atoms with van der Waals surface area (Å²) in [6, 6.07) is 3.99. The first kappa shape index (κ1) is 14.7. The van der Waals surface area contributed by atoms with E-state index in [2.05, 4.69) is 63.4 Å². The molecule has 0 atom stereocenters. The number of nitrogens with one attached hydrogen (secondary N) is 1. The highest BCUT2D eigenvalue weighted by atomic mass is 79.9. The van der Waals surface area contributed by atoms with Gasteiger partial charge in [0.15, 0.2) is 0 Å². The lowest BCUT2D eigenvalue weighted by molar-refractivity contribution is 0.628. The Morgan fingerprint density at radius 2 is 1.90 bits per heavy atom. The second-order valence-corrected chi connectivity index (χ2v) is 7.57. The number of rotatable bonds is 5. The Kier molecular flexibility index (Phi) is 4.59. The van der Waals surface area contributed by atoms with Crippen LogP contribution in [0.2, 0.25) is 0 Å². The molecule has 0 amide bonds. The van der Waals surface area contributed by atoms with Crippen LogP contribution in [-0.4, -0.2) is 21.5 Å². The van der Waals surface area contributed by atoms with Gasteiger partial charge in [-0.05, 0) is 69.3 Å². The van der Waals surface area contributed by atoms with Crippen LogP contribution in [0.1, 0.15) is 18.5 Å². The summed E-state index contributed by atoms with van der Waals surface area (Å²) in [6.45, 7) is 1.85. The van der Waals surface area contributed by atoms with Crippen molar-refractivity contribution in [2.45, 2.75) is 19.4 Å². The molecule has 0 spiro atoms. The number of aromatic nitrogens is 3. The number of halogens is 3. The van der Waals surface area contributed by atoms with Gasteiger partial charge in [0.05, 0.1) is 17.6 Å². The Hall–Kier alpha value is -0.240. The zero-order valence-electron chi connectivity index (χ0n) is 10.6. The predicted octanol–water partition coefficient (Wildman–Crippen LogP) is 4.05. The van der Waals surface area contributed by atoms with Crippen LogP contribution in [0.25, 0.3) is 5.69 Å². The summed E-state index contributed by atoms with van der Waals surface area (Å²) < 4.78 is 4.71. The number of hydrogen-bond acceptors (Lipinski definition) is 3.